The molecule has 2 N–H and O–H groups in total. The SMILES string of the molecule is CC1CCCCC1(C(N)=S)c1cccnc1. The average Bonchev–Trinajstić information content (AvgIpc) is 2.30. The number of rotatable bonds is 2. The molecule has 1 saturated carbocycles. The Hall–Kier alpha value is -0.960. The molecule has 2 atom stereocenters. The van der Waals surface area contributed by atoms with E-state index in [1.807, 2.05) is 12.3 Å². The predicted molar refractivity (Wildman–Crippen MR) is 70.3 cm³/mol. The molecule has 3 heteroatoms. The standard InChI is InChI=1S/C13H18N2S/c1-10-5-2-3-7-13(10,12(14)16)11-6-4-8-15-9-11/h4,6,8-10H,2-3,5,7H2,1H3,(H2,14,16). The van der Waals surface area contributed by atoms with Crippen LogP contribution < -0.4 is 5.73 Å². The van der Waals surface area contributed by atoms with Gasteiger partial charge in [0.2, 0.25) is 0 Å². The summed E-state index contributed by atoms with van der Waals surface area (Å²) < 4.78 is 0. The van der Waals surface area contributed by atoms with Crippen LogP contribution in [-0.2, 0) is 5.41 Å². The van der Waals surface area contributed by atoms with Gasteiger partial charge in [-0.25, -0.2) is 0 Å². The highest BCUT2D eigenvalue weighted by molar-refractivity contribution is 7.80. The van der Waals surface area contributed by atoms with Crippen LogP contribution in [-0.4, -0.2) is 9.97 Å². The van der Waals surface area contributed by atoms with Crippen molar-refractivity contribution in [1.82, 2.24) is 4.98 Å². The maximum Gasteiger partial charge on any atom is 0.0837 e. The molecule has 0 amide bonds. The zero-order chi connectivity index (χ0) is 11.6. The lowest BCUT2D eigenvalue weighted by molar-refractivity contribution is 0.274. The molecule has 1 aromatic rings. The number of hydrogen-bond donors (Lipinski definition) is 1. The van der Waals surface area contributed by atoms with Crippen LogP contribution in [0.2, 0.25) is 0 Å². The van der Waals surface area contributed by atoms with Gasteiger partial charge in [-0.3, -0.25) is 4.98 Å². The maximum absolute atomic E-state index is 6.03. The maximum atomic E-state index is 6.03. The Bertz CT molecular complexity index is 377. The van der Waals surface area contributed by atoms with Crippen LogP contribution in [0.4, 0.5) is 0 Å². The second-order valence-corrected chi connectivity index (χ2v) is 5.16. The van der Waals surface area contributed by atoms with E-state index >= 15 is 0 Å². The third kappa shape index (κ3) is 1.73. The third-order valence-electron chi connectivity index (χ3n) is 3.92. The Morgan fingerprint density at radius 1 is 1.56 bits per heavy atom. The number of thiocarbonyl (C=S) groups is 1. The van der Waals surface area contributed by atoms with Crippen molar-refractivity contribution in [2.24, 2.45) is 11.7 Å². The van der Waals surface area contributed by atoms with Crippen molar-refractivity contribution < 1.29 is 0 Å². The molecule has 1 fully saturated rings. The highest BCUT2D eigenvalue weighted by Crippen LogP contribution is 2.43. The van der Waals surface area contributed by atoms with Crippen molar-refractivity contribution in [3.05, 3.63) is 30.1 Å². The molecular weight excluding hydrogens is 216 g/mol. The summed E-state index contributed by atoms with van der Waals surface area (Å²) >= 11 is 5.34. The summed E-state index contributed by atoms with van der Waals surface area (Å²) in [5.41, 5.74) is 7.09. The summed E-state index contributed by atoms with van der Waals surface area (Å²) in [5.74, 6) is 0.517. The summed E-state index contributed by atoms with van der Waals surface area (Å²) in [6, 6.07) is 4.07. The highest BCUT2D eigenvalue weighted by Gasteiger charge is 2.42. The van der Waals surface area contributed by atoms with Crippen molar-refractivity contribution in [3.63, 3.8) is 0 Å². The summed E-state index contributed by atoms with van der Waals surface area (Å²) in [6.45, 7) is 2.26. The van der Waals surface area contributed by atoms with Crippen LogP contribution in [0.5, 0.6) is 0 Å². The van der Waals surface area contributed by atoms with Gasteiger partial charge in [0, 0.05) is 17.8 Å². The first-order valence-electron chi connectivity index (χ1n) is 5.88. The number of nitrogens with zero attached hydrogens (tertiary/aromatic N) is 1. The Morgan fingerprint density at radius 2 is 2.38 bits per heavy atom. The van der Waals surface area contributed by atoms with Gasteiger partial charge >= 0.3 is 0 Å². The fraction of sp³-hybridized carbons (Fsp3) is 0.538. The molecule has 2 nitrogen and oxygen atoms in total. The average molecular weight is 234 g/mol. The topological polar surface area (TPSA) is 38.9 Å². The number of pyridine rings is 1. The molecule has 1 heterocycles. The fourth-order valence-corrected chi connectivity index (χ4v) is 3.33. The molecule has 0 spiro atoms. The van der Waals surface area contributed by atoms with Gasteiger partial charge in [0.05, 0.1) is 4.99 Å². The minimum Gasteiger partial charge on any atom is -0.393 e. The van der Waals surface area contributed by atoms with Crippen LogP contribution in [0.15, 0.2) is 24.5 Å². The minimum atomic E-state index is -0.123. The molecule has 16 heavy (non-hydrogen) atoms. The second-order valence-electron chi connectivity index (χ2n) is 4.72. The van der Waals surface area contributed by atoms with Crippen LogP contribution in [0, 0.1) is 5.92 Å². The summed E-state index contributed by atoms with van der Waals surface area (Å²) in [6.07, 6.45) is 8.47. The Balaban J connectivity index is 2.46. The van der Waals surface area contributed by atoms with Gasteiger partial charge < -0.3 is 5.73 Å². The molecule has 0 bridgehead atoms. The number of nitrogens with two attached hydrogens (primary N) is 1. The van der Waals surface area contributed by atoms with E-state index < -0.39 is 0 Å². The molecule has 0 saturated heterocycles. The van der Waals surface area contributed by atoms with Crippen LogP contribution >= 0.6 is 12.2 Å². The first kappa shape index (κ1) is 11.5. The lowest BCUT2D eigenvalue weighted by atomic mass is 9.63. The lowest BCUT2D eigenvalue weighted by Gasteiger charge is -2.42. The molecular formula is C13H18N2S. The zero-order valence-electron chi connectivity index (χ0n) is 9.65. The third-order valence-corrected chi connectivity index (χ3v) is 4.28. The van der Waals surface area contributed by atoms with Crippen molar-refractivity contribution >= 4 is 17.2 Å². The van der Waals surface area contributed by atoms with Crippen molar-refractivity contribution in [2.45, 2.75) is 38.0 Å². The van der Waals surface area contributed by atoms with Gasteiger partial charge in [-0.05, 0) is 30.4 Å². The number of hydrogen-bond acceptors (Lipinski definition) is 2. The highest BCUT2D eigenvalue weighted by atomic mass is 32.1. The fourth-order valence-electron chi connectivity index (χ4n) is 2.91. The summed E-state index contributed by atoms with van der Waals surface area (Å²) in [5, 5.41) is 0. The van der Waals surface area contributed by atoms with E-state index in [0.717, 1.165) is 6.42 Å². The van der Waals surface area contributed by atoms with E-state index in [2.05, 4.69) is 18.0 Å². The van der Waals surface area contributed by atoms with Gasteiger partial charge in [-0.2, -0.15) is 0 Å². The normalized spacial score (nSPS) is 29.9. The van der Waals surface area contributed by atoms with E-state index in [1.54, 1.807) is 6.20 Å². The molecule has 1 aliphatic rings. The zero-order valence-corrected chi connectivity index (χ0v) is 10.5. The first-order valence-corrected chi connectivity index (χ1v) is 6.29. The van der Waals surface area contributed by atoms with Crippen molar-refractivity contribution in [1.29, 1.82) is 0 Å². The van der Waals surface area contributed by atoms with E-state index in [4.69, 9.17) is 18.0 Å². The minimum absolute atomic E-state index is 0.123. The first-order chi connectivity index (χ1) is 7.68. The quantitative estimate of drug-likeness (QED) is 0.800. The monoisotopic (exact) mass is 234 g/mol. The van der Waals surface area contributed by atoms with Crippen LogP contribution in [0.3, 0.4) is 0 Å². The largest absolute Gasteiger partial charge is 0.393 e. The lowest BCUT2D eigenvalue weighted by Crippen LogP contribution is -2.47. The Kier molecular flexibility index (Phi) is 3.24. The molecule has 0 radical (unpaired) electrons. The molecule has 0 aliphatic heterocycles. The van der Waals surface area contributed by atoms with Gasteiger partial charge in [0.1, 0.15) is 0 Å². The molecule has 86 valence electrons. The van der Waals surface area contributed by atoms with Gasteiger partial charge in [0.15, 0.2) is 0 Å². The van der Waals surface area contributed by atoms with Gasteiger partial charge in [0.25, 0.3) is 0 Å². The van der Waals surface area contributed by atoms with E-state index in [0.29, 0.717) is 10.9 Å². The molecule has 1 aliphatic carbocycles. The van der Waals surface area contributed by atoms with E-state index in [1.165, 1.54) is 24.8 Å². The van der Waals surface area contributed by atoms with Gasteiger partial charge in [-0.15, -0.1) is 0 Å². The number of aromatic nitrogens is 1. The van der Waals surface area contributed by atoms with Crippen LogP contribution in [0.25, 0.3) is 0 Å². The van der Waals surface area contributed by atoms with Gasteiger partial charge in [-0.1, -0.05) is 38.0 Å². The Labute approximate surface area is 102 Å². The molecule has 0 aromatic carbocycles. The smallest absolute Gasteiger partial charge is 0.0837 e. The predicted octanol–water partition coefficient (Wildman–Crippen LogP) is 2.82. The molecule has 2 rings (SSSR count). The summed E-state index contributed by atoms with van der Waals surface area (Å²) in [4.78, 5) is 4.84. The van der Waals surface area contributed by atoms with Crippen molar-refractivity contribution in [3.8, 4) is 0 Å². The van der Waals surface area contributed by atoms with Crippen molar-refractivity contribution in [2.75, 3.05) is 0 Å². The molecule has 2 unspecified atom stereocenters. The second kappa shape index (κ2) is 4.50. The molecule has 1 aromatic heterocycles. The Morgan fingerprint density at radius 3 is 2.94 bits per heavy atom. The summed E-state index contributed by atoms with van der Waals surface area (Å²) in [7, 11) is 0. The van der Waals surface area contributed by atoms with Crippen LogP contribution in [0.1, 0.15) is 38.2 Å². The van der Waals surface area contributed by atoms with E-state index in [-0.39, 0.29) is 5.41 Å². The van der Waals surface area contributed by atoms with E-state index in [9.17, 15) is 0 Å².